The summed E-state index contributed by atoms with van der Waals surface area (Å²) in [4.78, 5) is 23.6. The molecule has 0 saturated heterocycles. The van der Waals surface area contributed by atoms with Crippen LogP contribution in [0.3, 0.4) is 0 Å². The smallest absolute Gasteiger partial charge is 0.243 e. The Kier molecular flexibility index (Phi) is 5.49. The molecular weight excluding hydrogens is 307 g/mol. The summed E-state index contributed by atoms with van der Waals surface area (Å²) in [5.41, 5.74) is 0.969. The summed E-state index contributed by atoms with van der Waals surface area (Å²) in [7, 11) is 0. The van der Waals surface area contributed by atoms with Crippen LogP contribution in [0.5, 0.6) is 0 Å². The predicted molar refractivity (Wildman–Crippen MR) is 83.1 cm³/mol. The fourth-order valence-corrected chi connectivity index (χ4v) is 2.02. The molecular formula is C16H14ClFN2O2. The fraction of sp³-hybridized carbons (Fsp3) is 0.125. The number of benzene rings is 2. The van der Waals surface area contributed by atoms with E-state index >= 15 is 0 Å². The molecule has 0 radical (unpaired) electrons. The number of anilines is 1. The molecule has 4 nitrogen and oxygen atoms in total. The van der Waals surface area contributed by atoms with E-state index in [0.29, 0.717) is 11.3 Å². The van der Waals surface area contributed by atoms with Crippen LogP contribution in [0.1, 0.15) is 10.9 Å². The van der Waals surface area contributed by atoms with Gasteiger partial charge in [0.2, 0.25) is 11.8 Å². The molecule has 0 aromatic heterocycles. The molecule has 2 N–H and O–H groups in total. The Bertz CT molecular complexity index is 664. The Morgan fingerprint density at radius 3 is 2.50 bits per heavy atom. The number of alkyl halides is 1. The summed E-state index contributed by atoms with van der Waals surface area (Å²) in [6, 6.07) is 14.3. The van der Waals surface area contributed by atoms with Gasteiger partial charge in [-0.15, -0.1) is 11.6 Å². The fourth-order valence-electron chi connectivity index (χ4n) is 1.80. The molecule has 2 amide bonds. The van der Waals surface area contributed by atoms with Gasteiger partial charge in [0.05, 0.1) is 6.54 Å². The van der Waals surface area contributed by atoms with E-state index in [0.717, 1.165) is 0 Å². The first-order valence-electron chi connectivity index (χ1n) is 6.58. The van der Waals surface area contributed by atoms with Crippen molar-refractivity contribution < 1.29 is 14.0 Å². The lowest BCUT2D eigenvalue weighted by Gasteiger charge is -2.11. The molecule has 0 bridgehead atoms. The Balaban J connectivity index is 1.84. The lowest BCUT2D eigenvalue weighted by atomic mass is 10.1. The van der Waals surface area contributed by atoms with Gasteiger partial charge in [-0.05, 0) is 23.8 Å². The Morgan fingerprint density at radius 1 is 1.09 bits per heavy atom. The van der Waals surface area contributed by atoms with Crippen molar-refractivity contribution in [2.75, 3.05) is 11.9 Å². The quantitative estimate of drug-likeness (QED) is 0.832. The van der Waals surface area contributed by atoms with Crippen LogP contribution in [0, 0.1) is 5.82 Å². The second-order valence-electron chi connectivity index (χ2n) is 4.55. The Morgan fingerprint density at radius 2 is 1.82 bits per heavy atom. The highest BCUT2D eigenvalue weighted by Crippen LogP contribution is 2.19. The number of rotatable bonds is 5. The van der Waals surface area contributed by atoms with Gasteiger partial charge < -0.3 is 10.6 Å². The topological polar surface area (TPSA) is 58.2 Å². The number of carbonyl (C=O) groups is 2. The average molecular weight is 321 g/mol. The number of halogens is 2. The number of nitrogens with one attached hydrogen (secondary N) is 2. The second kappa shape index (κ2) is 7.56. The lowest BCUT2D eigenvalue weighted by molar-refractivity contribution is -0.124. The van der Waals surface area contributed by atoms with Crippen LogP contribution in [0.15, 0.2) is 54.6 Å². The van der Waals surface area contributed by atoms with Gasteiger partial charge in [-0.25, -0.2) is 4.39 Å². The van der Waals surface area contributed by atoms with Crippen LogP contribution in [0.2, 0.25) is 0 Å². The molecule has 2 aromatic rings. The maximum absolute atomic E-state index is 13.0. The zero-order valence-corrected chi connectivity index (χ0v) is 12.3. The third-order valence-electron chi connectivity index (χ3n) is 2.85. The highest BCUT2D eigenvalue weighted by molar-refractivity contribution is 6.30. The Hall–Kier alpha value is -2.40. The van der Waals surface area contributed by atoms with Crippen LogP contribution in [0.25, 0.3) is 0 Å². The molecule has 0 aliphatic heterocycles. The normalized spacial score (nSPS) is 11.5. The highest BCUT2D eigenvalue weighted by atomic mass is 35.5. The largest absolute Gasteiger partial charge is 0.345 e. The van der Waals surface area contributed by atoms with Crippen molar-refractivity contribution in [3.05, 3.63) is 66.0 Å². The van der Waals surface area contributed by atoms with Gasteiger partial charge in [0, 0.05) is 5.69 Å². The molecule has 0 aliphatic carbocycles. The van der Waals surface area contributed by atoms with Gasteiger partial charge in [0.1, 0.15) is 11.2 Å². The zero-order chi connectivity index (χ0) is 15.9. The van der Waals surface area contributed by atoms with E-state index in [9.17, 15) is 14.0 Å². The Labute approximate surface area is 132 Å². The van der Waals surface area contributed by atoms with Crippen molar-refractivity contribution in [2.24, 2.45) is 0 Å². The minimum Gasteiger partial charge on any atom is -0.345 e. The second-order valence-corrected chi connectivity index (χ2v) is 4.99. The maximum Gasteiger partial charge on any atom is 0.243 e. The summed E-state index contributed by atoms with van der Waals surface area (Å²) in [6.45, 7) is -0.245. The molecule has 0 saturated carbocycles. The van der Waals surface area contributed by atoms with Crippen molar-refractivity contribution in [2.45, 2.75) is 5.38 Å². The van der Waals surface area contributed by atoms with E-state index in [1.807, 2.05) is 6.07 Å². The first-order valence-corrected chi connectivity index (χ1v) is 7.02. The number of hydrogen-bond donors (Lipinski definition) is 2. The van der Waals surface area contributed by atoms with Gasteiger partial charge in [0.25, 0.3) is 0 Å². The molecule has 2 aromatic carbocycles. The van der Waals surface area contributed by atoms with Crippen molar-refractivity contribution in [1.29, 1.82) is 0 Å². The molecule has 0 spiro atoms. The molecule has 0 aliphatic rings. The van der Waals surface area contributed by atoms with Crippen LogP contribution < -0.4 is 10.6 Å². The lowest BCUT2D eigenvalue weighted by Crippen LogP contribution is -2.34. The van der Waals surface area contributed by atoms with E-state index in [1.165, 1.54) is 18.2 Å². The molecule has 114 valence electrons. The van der Waals surface area contributed by atoms with Crippen molar-refractivity contribution >= 4 is 29.1 Å². The summed E-state index contributed by atoms with van der Waals surface area (Å²) >= 11 is 6.03. The molecule has 0 heterocycles. The highest BCUT2D eigenvalue weighted by Gasteiger charge is 2.17. The molecule has 2 rings (SSSR count). The van der Waals surface area contributed by atoms with E-state index in [-0.39, 0.29) is 6.54 Å². The monoisotopic (exact) mass is 320 g/mol. The van der Waals surface area contributed by atoms with E-state index in [1.54, 1.807) is 30.3 Å². The van der Waals surface area contributed by atoms with Gasteiger partial charge in [0.15, 0.2) is 0 Å². The maximum atomic E-state index is 13.0. The average Bonchev–Trinajstić information content (AvgIpc) is 2.52. The summed E-state index contributed by atoms with van der Waals surface area (Å²) in [6.07, 6.45) is 0. The molecule has 0 fully saturated rings. The number of hydrogen-bond acceptors (Lipinski definition) is 2. The van der Waals surface area contributed by atoms with E-state index in [4.69, 9.17) is 11.6 Å². The molecule has 22 heavy (non-hydrogen) atoms. The van der Waals surface area contributed by atoms with Gasteiger partial charge in [-0.3, -0.25) is 9.59 Å². The number of amides is 2. The third-order valence-corrected chi connectivity index (χ3v) is 3.30. The van der Waals surface area contributed by atoms with Crippen molar-refractivity contribution in [3.63, 3.8) is 0 Å². The first kappa shape index (κ1) is 16.0. The number of carbonyl (C=O) groups excluding carboxylic acids is 2. The first-order chi connectivity index (χ1) is 10.6. The molecule has 1 atom stereocenters. The van der Waals surface area contributed by atoms with Crippen molar-refractivity contribution in [3.8, 4) is 0 Å². The standard InChI is InChI=1S/C16H14ClFN2O2/c17-15(11-5-2-1-3-6-11)16(22)19-10-14(21)20-13-8-4-7-12(18)9-13/h1-9,15H,10H2,(H,19,22)(H,20,21). The SMILES string of the molecule is O=C(CNC(=O)C(Cl)c1ccccc1)Nc1cccc(F)c1. The van der Waals surface area contributed by atoms with Crippen LogP contribution in [-0.4, -0.2) is 18.4 Å². The van der Waals surface area contributed by atoms with Crippen molar-refractivity contribution in [1.82, 2.24) is 5.32 Å². The van der Waals surface area contributed by atoms with E-state index in [2.05, 4.69) is 10.6 Å². The van der Waals surface area contributed by atoms with Crippen LogP contribution in [-0.2, 0) is 9.59 Å². The minimum absolute atomic E-state index is 0.245. The summed E-state index contributed by atoms with van der Waals surface area (Å²) in [5, 5.41) is 4.05. The van der Waals surface area contributed by atoms with Crippen LogP contribution in [0.4, 0.5) is 10.1 Å². The zero-order valence-electron chi connectivity index (χ0n) is 11.6. The van der Waals surface area contributed by atoms with Gasteiger partial charge in [-0.1, -0.05) is 36.4 Å². The summed E-state index contributed by atoms with van der Waals surface area (Å²) in [5.74, 6) is -1.38. The minimum atomic E-state index is -0.872. The van der Waals surface area contributed by atoms with Gasteiger partial charge in [-0.2, -0.15) is 0 Å². The van der Waals surface area contributed by atoms with Crippen LogP contribution >= 0.6 is 11.6 Å². The third kappa shape index (κ3) is 4.56. The molecule has 6 heteroatoms. The van der Waals surface area contributed by atoms with Gasteiger partial charge >= 0.3 is 0 Å². The predicted octanol–water partition coefficient (Wildman–Crippen LogP) is 2.86. The van der Waals surface area contributed by atoms with E-state index < -0.39 is 23.0 Å². The molecule has 1 unspecified atom stereocenters. The summed E-state index contributed by atoms with van der Waals surface area (Å²) < 4.78 is 13.0.